The number of nitro groups is 1. The molecule has 0 N–H and O–H groups in total. The van der Waals surface area contributed by atoms with Crippen molar-refractivity contribution in [2.24, 2.45) is 0 Å². The average Bonchev–Trinajstić information content (AvgIpc) is 2.40. The summed E-state index contributed by atoms with van der Waals surface area (Å²) in [5, 5.41) is 10.5. The van der Waals surface area contributed by atoms with Gasteiger partial charge in [-0.2, -0.15) is 0 Å². The highest BCUT2D eigenvalue weighted by atomic mass is 32.2. The minimum absolute atomic E-state index is 0.148. The molecule has 0 heterocycles. The maximum atomic E-state index is 10.5. The van der Waals surface area contributed by atoms with Gasteiger partial charge >= 0.3 is 0 Å². The van der Waals surface area contributed by atoms with Crippen molar-refractivity contribution in [3.8, 4) is 0 Å². The smallest absolute Gasteiger partial charge is 0.258 e. The topological polar surface area (TPSA) is 43.1 Å². The first-order chi connectivity index (χ1) is 8.75. The van der Waals surface area contributed by atoms with E-state index in [0.29, 0.717) is 0 Å². The predicted molar refractivity (Wildman–Crippen MR) is 74.0 cm³/mol. The van der Waals surface area contributed by atoms with Gasteiger partial charge in [-0.15, -0.1) is 11.8 Å². The highest BCUT2D eigenvalue weighted by Crippen LogP contribution is 2.19. The summed E-state index contributed by atoms with van der Waals surface area (Å²) >= 11 is 1.79. The van der Waals surface area contributed by atoms with Crippen LogP contribution in [0.1, 0.15) is 5.56 Å². The lowest BCUT2D eigenvalue weighted by atomic mass is 10.1. The Kier molecular flexibility index (Phi) is 4.36. The number of hydrogen-bond donors (Lipinski definition) is 0. The molecule has 0 aliphatic carbocycles. The standard InChI is InChI=1S/C14H13NO2S/c16-15(17)13-8-6-12(7-9-13)10-11-18-14-4-2-1-3-5-14/h1-9H,10-11H2. The average molecular weight is 259 g/mol. The quantitative estimate of drug-likeness (QED) is 0.464. The third-order valence-corrected chi connectivity index (χ3v) is 3.56. The molecule has 0 atom stereocenters. The fourth-order valence-electron chi connectivity index (χ4n) is 1.59. The number of non-ortho nitro benzene ring substituents is 1. The van der Waals surface area contributed by atoms with E-state index in [1.165, 1.54) is 4.90 Å². The van der Waals surface area contributed by atoms with E-state index in [4.69, 9.17) is 0 Å². The number of benzene rings is 2. The molecule has 2 aromatic rings. The molecule has 0 bridgehead atoms. The van der Waals surface area contributed by atoms with Crippen LogP contribution in [-0.4, -0.2) is 10.7 Å². The Hall–Kier alpha value is -1.81. The summed E-state index contributed by atoms with van der Waals surface area (Å²) in [5.41, 5.74) is 1.28. The van der Waals surface area contributed by atoms with Crippen LogP contribution in [0.5, 0.6) is 0 Å². The van der Waals surface area contributed by atoms with Crippen molar-refractivity contribution in [1.82, 2.24) is 0 Å². The van der Waals surface area contributed by atoms with Gasteiger partial charge < -0.3 is 0 Å². The zero-order valence-corrected chi connectivity index (χ0v) is 10.6. The van der Waals surface area contributed by atoms with E-state index in [1.807, 2.05) is 30.3 Å². The number of aryl methyl sites for hydroxylation is 1. The maximum absolute atomic E-state index is 10.5. The largest absolute Gasteiger partial charge is 0.269 e. The van der Waals surface area contributed by atoms with Crippen LogP contribution in [-0.2, 0) is 6.42 Å². The van der Waals surface area contributed by atoms with E-state index in [2.05, 4.69) is 12.1 Å². The van der Waals surface area contributed by atoms with Gasteiger partial charge in [0.25, 0.3) is 5.69 Å². The van der Waals surface area contributed by atoms with Crippen molar-refractivity contribution >= 4 is 17.4 Å². The van der Waals surface area contributed by atoms with E-state index in [0.717, 1.165) is 17.7 Å². The lowest BCUT2D eigenvalue weighted by molar-refractivity contribution is -0.384. The van der Waals surface area contributed by atoms with Crippen molar-refractivity contribution in [3.63, 3.8) is 0 Å². The summed E-state index contributed by atoms with van der Waals surface area (Å²) in [6.07, 6.45) is 0.914. The Morgan fingerprint density at radius 3 is 2.28 bits per heavy atom. The first-order valence-electron chi connectivity index (χ1n) is 5.67. The molecule has 0 aromatic heterocycles. The fourth-order valence-corrected chi connectivity index (χ4v) is 2.51. The third-order valence-electron chi connectivity index (χ3n) is 2.55. The molecular formula is C14H13NO2S. The predicted octanol–water partition coefficient (Wildman–Crippen LogP) is 3.93. The number of thioether (sulfide) groups is 1. The molecule has 4 heteroatoms. The van der Waals surface area contributed by atoms with E-state index >= 15 is 0 Å². The third kappa shape index (κ3) is 3.60. The van der Waals surface area contributed by atoms with Crippen molar-refractivity contribution in [2.75, 3.05) is 5.75 Å². The summed E-state index contributed by atoms with van der Waals surface area (Å²) in [6.45, 7) is 0. The summed E-state index contributed by atoms with van der Waals surface area (Å²) in [5.74, 6) is 0.974. The number of rotatable bonds is 5. The Balaban J connectivity index is 1.85. The highest BCUT2D eigenvalue weighted by molar-refractivity contribution is 7.99. The van der Waals surface area contributed by atoms with Gasteiger partial charge in [-0.1, -0.05) is 30.3 Å². The van der Waals surface area contributed by atoms with E-state index in [9.17, 15) is 10.1 Å². The molecule has 3 nitrogen and oxygen atoms in total. The van der Waals surface area contributed by atoms with Crippen molar-refractivity contribution in [2.45, 2.75) is 11.3 Å². The van der Waals surface area contributed by atoms with Crippen LogP contribution >= 0.6 is 11.8 Å². The Morgan fingerprint density at radius 1 is 1.00 bits per heavy atom. The second kappa shape index (κ2) is 6.21. The van der Waals surface area contributed by atoms with E-state index in [1.54, 1.807) is 23.9 Å². The van der Waals surface area contributed by atoms with Gasteiger partial charge in [0, 0.05) is 22.8 Å². The molecule has 0 saturated heterocycles. The van der Waals surface area contributed by atoms with Crippen LogP contribution in [0.4, 0.5) is 5.69 Å². The molecular weight excluding hydrogens is 246 g/mol. The minimum atomic E-state index is -0.373. The first kappa shape index (κ1) is 12.6. The maximum Gasteiger partial charge on any atom is 0.269 e. The van der Waals surface area contributed by atoms with Gasteiger partial charge in [-0.3, -0.25) is 10.1 Å². The molecule has 0 radical (unpaired) electrons. The number of nitrogens with zero attached hydrogens (tertiary/aromatic N) is 1. The number of hydrogen-bond acceptors (Lipinski definition) is 3. The van der Waals surface area contributed by atoms with E-state index in [-0.39, 0.29) is 10.6 Å². The van der Waals surface area contributed by atoms with Crippen LogP contribution < -0.4 is 0 Å². The molecule has 0 saturated carbocycles. The van der Waals surface area contributed by atoms with Gasteiger partial charge in [-0.25, -0.2) is 0 Å². The van der Waals surface area contributed by atoms with Crippen molar-refractivity contribution in [1.29, 1.82) is 0 Å². The van der Waals surface area contributed by atoms with Gasteiger partial charge in [-0.05, 0) is 24.1 Å². The highest BCUT2D eigenvalue weighted by Gasteiger charge is 2.03. The molecule has 18 heavy (non-hydrogen) atoms. The molecule has 0 amide bonds. The van der Waals surface area contributed by atoms with Gasteiger partial charge in [0.05, 0.1) is 4.92 Å². The molecule has 92 valence electrons. The molecule has 0 spiro atoms. The fraction of sp³-hybridized carbons (Fsp3) is 0.143. The Bertz CT molecular complexity index is 511. The first-order valence-corrected chi connectivity index (χ1v) is 6.65. The molecule has 0 fully saturated rings. The number of nitro benzene ring substituents is 1. The van der Waals surface area contributed by atoms with E-state index < -0.39 is 0 Å². The Labute approximate surface area is 110 Å². The Morgan fingerprint density at radius 2 is 1.67 bits per heavy atom. The van der Waals surface area contributed by atoms with Crippen LogP contribution in [0, 0.1) is 10.1 Å². The van der Waals surface area contributed by atoms with Gasteiger partial charge in [0.15, 0.2) is 0 Å². The summed E-state index contributed by atoms with van der Waals surface area (Å²) in [6, 6.07) is 17.0. The van der Waals surface area contributed by atoms with Crippen LogP contribution in [0.2, 0.25) is 0 Å². The summed E-state index contributed by atoms with van der Waals surface area (Å²) < 4.78 is 0. The minimum Gasteiger partial charge on any atom is -0.258 e. The SMILES string of the molecule is O=[N+]([O-])c1ccc(CCSc2ccccc2)cc1. The second-order valence-electron chi connectivity index (χ2n) is 3.84. The second-order valence-corrected chi connectivity index (χ2v) is 5.00. The summed E-state index contributed by atoms with van der Waals surface area (Å²) in [4.78, 5) is 11.4. The molecule has 0 unspecified atom stereocenters. The van der Waals surface area contributed by atoms with Crippen LogP contribution in [0.3, 0.4) is 0 Å². The molecule has 2 rings (SSSR count). The monoisotopic (exact) mass is 259 g/mol. The molecule has 0 aliphatic rings. The lowest BCUT2D eigenvalue weighted by Gasteiger charge is -2.02. The zero-order valence-electron chi connectivity index (χ0n) is 9.78. The summed E-state index contributed by atoms with van der Waals surface area (Å²) in [7, 11) is 0. The van der Waals surface area contributed by atoms with Crippen molar-refractivity contribution < 1.29 is 4.92 Å². The van der Waals surface area contributed by atoms with Crippen LogP contribution in [0.15, 0.2) is 59.5 Å². The lowest BCUT2D eigenvalue weighted by Crippen LogP contribution is -1.91. The van der Waals surface area contributed by atoms with Crippen molar-refractivity contribution in [3.05, 3.63) is 70.3 Å². The van der Waals surface area contributed by atoms with Gasteiger partial charge in [0.2, 0.25) is 0 Å². The molecule has 2 aromatic carbocycles. The zero-order chi connectivity index (χ0) is 12.8. The normalized spacial score (nSPS) is 10.2. The van der Waals surface area contributed by atoms with Crippen LogP contribution in [0.25, 0.3) is 0 Å². The van der Waals surface area contributed by atoms with Gasteiger partial charge in [0.1, 0.15) is 0 Å². The molecule has 0 aliphatic heterocycles.